The Balaban J connectivity index is 1.54. The molecule has 0 amide bonds. The van der Waals surface area contributed by atoms with E-state index in [2.05, 4.69) is 0 Å². The molecule has 3 aromatic rings. The van der Waals surface area contributed by atoms with Crippen LogP contribution >= 0.6 is 0 Å². The van der Waals surface area contributed by atoms with Crippen molar-refractivity contribution in [3.8, 4) is 28.7 Å². The van der Waals surface area contributed by atoms with Gasteiger partial charge < -0.3 is 23.7 Å². The summed E-state index contributed by atoms with van der Waals surface area (Å²) in [4.78, 5) is 25.2. The molecule has 0 fully saturated rings. The van der Waals surface area contributed by atoms with Crippen LogP contribution in [-0.2, 0) is 0 Å². The topological polar surface area (TPSA) is 80.3 Å². The van der Waals surface area contributed by atoms with Crippen LogP contribution in [0.3, 0.4) is 0 Å². The molecule has 0 bridgehead atoms. The number of hydrogen-bond acceptors (Lipinski definition) is 7. The van der Waals surface area contributed by atoms with Gasteiger partial charge >= 0.3 is 5.97 Å². The van der Waals surface area contributed by atoms with Gasteiger partial charge in [0, 0.05) is 17.7 Å². The highest BCUT2D eigenvalue weighted by Gasteiger charge is 2.28. The molecular weight excluding hydrogens is 412 g/mol. The average Bonchev–Trinajstić information content (AvgIpc) is 3.13. The fourth-order valence-electron chi connectivity index (χ4n) is 3.20. The Morgan fingerprint density at radius 2 is 1.50 bits per heavy atom. The molecule has 162 valence electrons. The molecule has 0 saturated heterocycles. The van der Waals surface area contributed by atoms with Crippen LogP contribution in [0.15, 0.2) is 66.4 Å². The highest BCUT2D eigenvalue weighted by atomic mass is 16.5. The minimum atomic E-state index is -0.532. The van der Waals surface area contributed by atoms with Crippen molar-refractivity contribution in [3.63, 3.8) is 0 Å². The number of allylic oxidation sites excluding steroid dienone is 1. The Hall–Kier alpha value is -4.26. The first-order valence-corrected chi connectivity index (χ1v) is 9.69. The van der Waals surface area contributed by atoms with Gasteiger partial charge in [-0.05, 0) is 54.6 Å². The first-order valence-electron chi connectivity index (χ1n) is 9.69. The molecular formula is C25H20O7. The van der Waals surface area contributed by atoms with E-state index in [0.717, 1.165) is 0 Å². The fraction of sp³-hybridized carbons (Fsp3) is 0.120. The minimum absolute atomic E-state index is 0.141. The second-order valence-electron chi connectivity index (χ2n) is 6.82. The molecule has 0 aromatic heterocycles. The monoisotopic (exact) mass is 432 g/mol. The second-order valence-corrected chi connectivity index (χ2v) is 6.82. The molecule has 0 saturated carbocycles. The summed E-state index contributed by atoms with van der Waals surface area (Å²) in [5.41, 5.74) is 1.42. The van der Waals surface area contributed by atoms with E-state index < -0.39 is 5.97 Å². The first-order chi connectivity index (χ1) is 15.5. The highest BCUT2D eigenvalue weighted by Crippen LogP contribution is 2.36. The molecule has 7 heteroatoms. The van der Waals surface area contributed by atoms with Crippen LogP contribution in [0.4, 0.5) is 0 Å². The van der Waals surface area contributed by atoms with Gasteiger partial charge in [-0.3, -0.25) is 4.79 Å². The van der Waals surface area contributed by atoms with E-state index in [1.54, 1.807) is 74.9 Å². The maximum Gasteiger partial charge on any atom is 0.343 e. The van der Waals surface area contributed by atoms with Gasteiger partial charge in [0.1, 0.15) is 28.7 Å². The smallest absolute Gasteiger partial charge is 0.343 e. The van der Waals surface area contributed by atoms with E-state index in [1.165, 1.54) is 13.2 Å². The average molecular weight is 432 g/mol. The molecule has 1 aliphatic heterocycles. The van der Waals surface area contributed by atoms with Gasteiger partial charge in [-0.2, -0.15) is 0 Å². The van der Waals surface area contributed by atoms with Crippen molar-refractivity contribution < 1.29 is 33.3 Å². The number of ketones is 1. The number of benzene rings is 3. The zero-order valence-electron chi connectivity index (χ0n) is 17.7. The van der Waals surface area contributed by atoms with E-state index in [-0.39, 0.29) is 17.3 Å². The number of ether oxygens (including phenoxy) is 5. The predicted octanol–water partition coefficient (Wildman–Crippen LogP) is 4.55. The Morgan fingerprint density at radius 1 is 0.812 bits per heavy atom. The standard InChI is InChI=1S/C25H20O7/c1-28-17-7-4-15(5-8-17)25(27)31-19-10-11-20-22(14-19)32-23(24(20)26)12-16-6-9-18(29-2)13-21(16)30-3/h4-14H,1-3H3. The van der Waals surface area contributed by atoms with Crippen molar-refractivity contribution in [3.05, 3.63) is 83.1 Å². The molecule has 0 radical (unpaired) electrons. The van der Waals surface area contributed by atoms with E-state index in [1.807, 2.05) is 0 Å². The van der Waals surface area contributed by atoms with Crippen LogP contribution < -0.4 is 23.7 Å². The van der Waals surface area contributed by atoms with E-state index >= 15 is 0 Å². The lowest BCUT2D eigenvalue weighted by Gasteiger charge is -2.08. The molecule has 4 rings (SSSR count). The van der Waals surface area contributed by atoms with Crippen LogP contribution in [0.25, 0.3) is 6.08 Å². The molecule has 0 spiro atoms. The summed E-state index contributed by atoms with van der Waals surface area (Å²) in [6.07, 6.45) is 1.60. The summed E-state index contributed by atoms with van der Waals surface area (Å²) in [5.74, 6) is 1.73. The molecule has 0 atom stereocenters. The Labute approximate surface area is 184 Å². The zero-order chi connectivity index (χ0) is 22.7. The fourth-order valence-corrected chi connectivity index (χ4v) is 3.20. The number of carbonyl (C=O) groups excluding carboxylic acids is 2. The lowest BCUT2D eigenvalue weighted by atomic mass is 10.1. The molecule has 7 nitrogen and oxygen atoms in total. The number of esters is 1. The Morgan fingerprint density at radius 3 is 2.19 bits per heavy atom. The number of fused-ring (bicyclic) bond motifs is 1. The number of methoxy groups -OCH3 is 3. The molecule has 1 aliphatic rings. The summed E-state index contributed by atoms with van der Waals surface area (Å²) >= 11 is 0. The van der Waals surface area contributed by atoms with E-state index in [0.29, 0.717) is 39.7 Å². The maximum absolute atomic E-state index is 12.8. The molecule has 0 N–H and O–H groups in total. The molecule has 0 aliphatic carbocycles. The summed E-state index contributed by atoms with van der Waals surface area (Å²) in [6.45, 7) is 0. The van der Waals surface area contributed by atoms with Crippen molar-refractivity contribution in [1.82, 2.24) is 0 Å². The molecule has 32 heavy (non-hydrogen) atoms. The normalized spacial score (nSPS) is 13.3. The van der Waals surface area contributed by atoms with Crippen molar-refractivity contribution >= 4 is 17.8 Å². The van der Waals surface area contributed by atoms with Gasteiger partial charge in [-0.25, -0.2) is 4.79 Å². The van der Waals surface area contributed by atoms with Gasteiger partial charge in [0.15, 0.2) is 5.76 Å². The third kappa shape index (κ3) is 4.13. The number of hydrogen-bond donors (Lipinski definition) is 0. The van der Waals surface area contributed by atoms with Crippen LogP contribution in [0.2, 0.25) is 0 Å². The number of Topliss-reactive ketones (excluding diaryl/α,β-unsaturated/α-hetero) is 1. The first kappa shape index (κ1) is 21.0. The third-order valence-electron chi connectivity index (χ3n) is 4.90. The highest BCUT2D eigenvalue weighted by molar-refractivity contribution is 6.14. The Bertz CT molecular complexity index is 1210. The Kier molecular flexibility index (Phi) is 5.81. The SMILES string of the molecule is COc1ccc(C(=O)Oc2ccc3c(c2)OC(=Cc2ccc(OC)cc2OC)C3=O)cc1. The van der Waals surface area contributed by atoms with Crippen molar-refractivity contribution in [2.45, 2.75) is 0 Å². The van der Waals surface area contributed by atoms with Crippen LogP contribution in [0.5, 0.6) is 28.7 Å². The van der Waals surface area contributed by atoms with Crippen molar-refractivity contribution in [2.75, 3.05) is 21.3 Å². The quantitative estimate of drug-likeness (QED) is 0.321. The van der Waals surface area contributed by atoms with E-state index in [4.69, 9.17) is 23.7 Å². The predicted molar refractivity (Wildman–Crippen MR) is 117 cm³/mol. The molecule has 0 unspecified atom stereocenters. The van der Waals surface area contributed by atoms with Gasteiger partial charge in [0.05, 0.1) is 32.5 Å². The van der Waals surface area contributed by atoms with Gasteiger partial charge in [-0.1, -0.05) is 0 Å². The third-order valence-corrected chi connectivity index (χ3v) is 4.90. The van der Waals surface area contributed by atoms with Gasteiger partial charge in [-0.15, -0.1) is 0 Å². The largest absolute Gasteiger partial charge is 0.497 e. The van der Waals surface area contributed by atoms with Crippen molar-refractivity contribution in [1.29, 1.82) is 0 Å². The number of rotatable bonds is 6. The van der Waals surface area contributed by atoms with Gasteiger partial charge in [0.2, 0.25) is 5.78 Å². The summed E-state index contributed by atoms with van der Waals surface area (Å²) < 4.78 is 26.8. The van der Waals surface area contributed by atoms with Crippen molar-refractivity contribution in [2.24, 2.45) is 0 Å². The zero-order valence-corrected chi connectivity index (χ0v) is 17.7. The summed E-state index contributed by atoms with van der Waals surface area (Å²) in [6, 6.07) is 16.5. The lowest BCUT2D eigenvalue weighted by molar-refractivity contribution is 0.0734. The van der Waals surface area contributed by atoms with Crippen LogP contribution in [0, 0.1) is 0 Å². The van der Waals surface area contributed by atoms with Gasteiger partial charge in [0.25, 0.3) is 0 Å². The summed E-state index contributed by atoms with van der Waals surface area (Å²) in [5, 5.41) is 0. The maximum atomic E-state index is 12.8. The minimum Gasteiger partial charge on any atom is -0.497 e. The molecule has 3 aromatic carbocycles. The van der Waals surface area contributed by atoms with Crippen LogP contribution in [0.1, 0.15) is 26.3 Å². The summed E-state index contributed by atoms with van der Waals surface area (Å²) in [7, 11) is 4.64. The number of carbonyl (C=O) groups is 2. The van der Waals surface area contributed by atoms with E-state index in [9.17, 15) is 9.59 Å². The lowest BCUT2D eigenvalue weighted by Crippen LogP contribution is -2.08. The van der Waals surface area contributed by atoms with Crippen LogP contribution in [-0.4, -0.2) is 33.1 Å². The molecule has 1 heterocycles. The second kappa shape index (κ2) is 8.85.